The summed E-state index contributed by atoms with van der Waals surface area (Å²) in [5.74, 6) is -0.504. The minimum atomic E-state index is -0.422. The molecule has 0 fully saturated rings. The molecule has 0 aliphatic rings. The van der Waals surface area contributed by atoms with Crippen LogP contribution in [-0.4, -0.2) is 10.8 Å². The van der Waals surface area contributed by atoms with Crippen LogP contribution in [0.2, 0.25) is 0 Å². The fraction of sp³-hybridized carbons (Fsp3) is 0.333. The third-order valence-electron chi connectivity index (χ3n) is 1.67. The standard InChI is InChI=1S/C9H10FNO/c1-3-9(12)7-4-8(10)6(2)11-5-7/h4-5H,3H2,1-2H3. The molecule has 0 bridgehead atoms. The van der Waals surface area contributed by atoms with Gasteiger partial charge in [0.1, 0.15) is 5.82 Å². The maximum absolute atomic E-state index is 12.9. The van der Waals surface area contributed by atoms with E-state index in [9.17, 15) is 9.18 Å². The molecule has 0 atom stereocenters. The molecule has 0 aromatic carbocycles. The molecule has 0 saturated heterocycles. The fourth-order valence-corrected chi connectivity index (χ4v) is 0.863. The largest absolute Gasteiger partial charge is 0.294 e. The second-order valence-corrected chi connectivity index (χ2v) is 2.57. The Morgan fingerprint density at radius 2 is 2.33 bits per heavy atom. The third kappa shape index (κ3) is 1.67. The summed E-state index contributed by atoms with van der Waals surface area (Å²) in [6, 6.07) is 1.23. The summed E-state index contributed by atoms with van der Waals surface area (Å²) in [7, 11) is 0. The molecule has 0 unspecified atom stereocenters. The number of aryl methyl sites for hydroxylation is 1. The van der Waals surface area contributed by atoms with Gasteiger partial charge >= 0.3 is 0 Å². The van der Waals surface area contributed by atoms with Crippen molar-refractivity contribution >= 4 is 5.78 Å². The van der Waals surface area contributed by atoms with E-state index in [1.54, 1.807) is 13.8 Å². The van der Waals surface area contributed by atoms with Gasteiger partial charge in [0.25, 0.3) is 0 Å². The van der Waals surface area contributed by atoms with Gasteiger partial charge in [-0.25, -0.2) is 4.39 Å². The molecule has 0 aliphatic carbocycles. The molecular formula is C9H10FNO. The Kier molecular flexibility index (Phi) is 2.53. The lowest BCUT2D eigenvalue weighted by atomic mass is 10.1. The zero-order valence-electron chi connectivity index (χ0n) is 7.10. The molecule has 0 saturated carbocycles. The van der Waals surface area contributed by atoms with E-state index in [0.29, 0.717) is 17.7 Å². The molecule has 12 heavy (non-hydrogen) atoms. The van der Waals surface area contributed by atoms with Crippen LogP contribution < -0.4 is 0 Å². The topological polar surface area (TPSA) is 30.0 Å². The first kappa shape index (κ1) is 8.84. The monoisotopic (exact) mass is 167 g/mol. The molecule has 0 radical (unpaired) electrons. The average Bonchev–Trinajstić information content (AvgIpc) is 2.08. The Morgan fingerprint density at radius 3 is 2.83 bits per heavy atom. The van der Waals surface area contributed by atoms with Crippen molar-refractivity contribution in [2.24, 2.45) is 0 Å². The summed E-state index contributed by atoms with van der Waals surface area (Å²) in [5.41, 5.74) is 0.670. The van der Waals surface area contributed by atoms with Crippen molar-refractivity contribution in [3.05, 3.63) is 29.3 Å². The molecule has 2 nitrogen and oxygen atoms in total. The SMILES string of the molecule is CCC(=O)c1cnc(C)c(F)c1. The number of hydrogen-bond donors (Lipinski definition) is 0. The van der Waals surface area contributed by atoms with Crippen LogP contribution in [0.1, 0.15) is 29.4 Å². The maximum atomic E-state index is 12.9. The van der Waals surface area contributed by atoms with Gasteiger partial charge in [-0.05, 0) is 13.0 Å². The zero-order valence-corrected chi connectivity index (χ0v) is 7.10. The molecule has 3 heteroatoms. The molecule has 0 N–H and O–H groups in total. The summed E-state index contributed by atoms with van der Waals surface area (Å²) in [5, 5.41) is 0. The second kappa shape index (κ2) is 3.43. The van der Waals surface area contributed by atoms with Crippen molar-refractivity contribution in [3.8, 4) is 0 Å². The quantitative estimate of drug-likeness (QED) is 0.631. The van der Waals surface area contributed by atoms with Gasteiger partial charge in [0.2, 0.25) is 0 Å². The third-order valence-corrected chi connectivity index (χ3v) is 1.67. The Hall–Kier alpha value is -1.25. The van der Waals surface area contributed by atoms with Gasteiger partial charge in [-0.1, -0.05) is 6.92 Å². The van der Waals surface area contributed by atoms with Gasteiger partial charge in [0.05, 0.1) is 5.69 Å². The fourth-order valence-electron chi connectivity index (χ4n) is 0.863. The van der Waals surface area contributed by atoms with E-state index >= 15 is 0 Å². The summed E-state index contributed by atoms with van der Waals surface area (Å²) in [6.45, 7) is 3.30. The van der Waals surface area contributed by atoms with Gasteiger partial charge in [0, 0.05) is 18.2 Å². The molecule has 1 heterocycles. The Morgan fingerprint density at radius 1 is 1.67 bits per heavy atom. The Bertz CT molecular complexity index is 309. The highest BCUT2D eigenvalue weighted by Gasteiger charge is 2.06. The van der Waals surface area contributed by atoms with E-state index in [2.05, 4.69) is 4.98 Å². The number of carbonyl (C=O) groups is 1. The molecule has 0 aliphatic heterocycles. The van der Waals surface area contributed by atoms with Crippen LogP contribution in [-0.2, 0) is 0 Å². The molecule has 1 aromatic rings. The van der Waals surface area contributed by atoms with Crippen molar-refractivity contribution in [1.29, 1.82) is 0 Å². The van der Waals surface area contributed by atoms with E-state index in [4.69, 9.17) is 0 Å². The number of Topliss-reactive ketones (excluding diaryl/α,β-unsaturated/α-hetero) is 1. The van der Waals surface area contributed by atoms with E-state index in [-0.39, 0.29) is 5.78 Å². The Balaban J connectivity index is 3.05. The number of pyridine rings is 1. The lowest BCUT2D eigenvalue weighted by molar-refractivity contribution is 0.0987. The zero-order chi connectivity index (χ0) is 9.14. The van der Waals surface area contributed by atoms with Crippen LogP contribution in [0.25, 0.3) is 0 Å². The Labute approximate surface area is 70.4 Å². The summed E-state index contributed by atoms with van der Waals surface area (Å²) in [4.78, 5) is 14.8. The highest BCUT2D eigenvalue weighted by molar-refractivity contribution is 5.95. The predicted molar refractivity (Wildman–Crippen MR) is 43.6 cm³/mol. The summed E-state index contributed by atoms with van der Waals surface area (Å²) in [6.07, 6.45) is 1.79. The van der Waals surface area contributed by atoms with Crippen LogP contribution in [0.3, 0.4) is 0 Å². The normalized spacial score (nSPS) is 9.92. The minimum Gasteiger partial charge on any atom is -0.294 e. The van der Waals surface area contributed by atoms with E-state index in [0.717, 1.165) is 0 Å². The first-order valence-electron chi connectivity index (χ1n) is 3.80. The summed E-state index contributed by atoms with van der Waals surface area (Å²) < 4.78 is 12.9. The van der Waals surface area contributed by atoms with Crippen LogP contribution in [0.4, 0.5) is 4.39 Å². The van der Waals surface area contributed by atoms with Crippen LogP contribution >= 0.6 is 0 Å². The average molecular weight is 167 g/mol. The minimum absolute atomic E-state index is 0.0820. The number of nitrogens with zero attached hydrogens (tertiary/aromatic N) is 1. The van der Waals surface area contributed by atoms with Crippen LogP contribution in [0.15, 0.2) is 12.3 Å². The van der Waals surface area contributed by atoms with Crippen molar-refractivity contribution < 1.29 is 9.18 Å². The molecule has 1 rings (SSSR count). The van der Waals surface area contributed by atoms with Gasteiger partial charge in [-0.3, -0.25) is 9.78 Å². The molecule has 0 amide bonds. The van der Waals surface area contributed by atoms with Crippen molar-refractivity contribution in [1.82, 2.24) is 4.98 Å². The van der Waals surface area contributed by atoms with E-state index in [1.165, 1.54) is 12.3 Å². The van der Waals surface area contributed by atoms with Gasteiger partial charge in [-0.15, -0.1) is 0 Å². The van der Waals surface area contributed by atoms with Crippen LogP contribution in [0.5, 0.6) is 0 Å². The number of rotatable bonds is 2. The second-order valence-electron chi connectivity index (χ2n) is 2.57. The van der Waals surface area contributed by atoms with E-state index < -0.39 is 5.82 Å². The number of hydrogen-bond acceptors (Lipinski definition) is 2. The molecule has 1 aromatic heterocycles. The predicted octanol–water partition coefficient (Wildman–Crippen LogP) is 2.12. The maximum Gasteiger partial charge on any atom is 0.164 e. The van der Waals surface area contributed by atoms with Crippen molar-refractivity contribution in [2.45, 2.75) is 20.3 Å². The van der Waals surface area contributed by atoms with Crippen LogP contribution in [0, 0.1) is 12.7 Å². The number of aromatic nitrogens is 1. The summed E-state index contributed by atoms with van der Waals surface area (Å²) >= 11 is 0. The van der Waals surface area contributed by atoms with Crippen molar-refractivity contribution in [3.63, 3.8) is 0 Å². The van der Waals surface area contributed by atoms with Gasteiger partial charge < -0.3 is 0 Å². The molecule has 0 spiro atoms. The highest BCUT2D eigenvalue weighted by Crippen LogP contribution is 2.07. The number of ketones is 1. The van der Waals surface area contributed by atoms with Gasteiger partial charge in [0.15, 0.2) is 5.78 Å². The smallest absolute Gasteiger partial charge is 0.164 e. The molecule has 64 valence electrons. The lowest BCUT2D eigenvalue weighted by Crippen LogP contribution is -1.99. The molecular weight excluding hydrogens is 157 g/mol. The number of carbonyl (C=O) groups excluding carboxylic acids is 1. The highest BCUT2D eigenvalue weighted by atomic mass is 19.1. The van der Waals surface area contributed by atoms with Gasteiger partial charge in [-0.2, -0.15) is 0 Å². The number of halogens is 1. The van der Waals surface area contributed by atoms with E-state index in [1.807, 2.05) is 0 Å². The first-order valence-corrected chi connectivity index (χ1v) is 3.80. The van der Waals surface area contributed by atoms with Crippen molar-refractivity contribution in [2.75, 3.05) is 0 Å². The lowest BCUT2D eigenvalue weighted by Gasteiger charge is -1.98. The first-order chi connectivity index (χ1) is 5.65.